The Morgan fingerprint density at radius 3 is 2.94 bits per heavy atom. The summed E-state index contributed by atoms with van der Waals surface area (Å²) in [5.74, 6) is 0.106. The van der Waals surface area contributed by atoms with E-state index < -0.39 is 10.0 Å². The van der Waals surface area contributed by atoms with Crippen LogP contribution >= 0.6 is 0 Å². The zero-order chi connectivity index (χ0) is 13.2. The van der Waals surface area contributed by atoms with Crippen molar-refractivity contribution in [1.82, 2.24) is 0 Å². The monoisotopic (exact) mass is 270 g/mol. The molecule has 0 saturated carbocycles. The molecule has 1 aromatic carbocycles. The molecule has 0 amide bonds. The summed E-state index contributed by atoms with van der Waals surface area (Å²) in [5.41, 5.74) is 8.08. The minimum Gasteiger partial charge on any atom is -0.399 e. The number of hydrogen-bond donors (Lipinski definition) is 1. The fourth-order valence-electron chi connectivity index (χ4n) is 2.15. The van der Waals surface area contributed by atoms with Crippen LogP contribution in [0.15, 0.2) is 18.2 Å². The van der Waals surface area contributed by atoms with Gasteiger partial charge in [0.25, 0.3) is 0 Å². The quantitative estimate of drug-likeness (QED) is 0.640. The Hall–Kier alpha value is -1.27. The molecule has 1 aliphatic heterocycles. The van der Waals surface area contributed by atoms with E-state index in [0.29, 0.717) is 25.3 Å². The Bertz CT molecular complexity index is 528. The van der Waals surface area contributed by atoms with Crippen LogP contribution < -0.4 is 10.0 Å². The fourth-order valence-corrected chi connectivity index (χ4v) is 3.69. The molecule has 0 atom stereocenters. The average molecular weight is 270 g/mol. The molecule has 1 aromatic rings. The van der Waals surface area contributed by atoms with Gasteiger partial charge >= 0.3 is 0 Å². The summed E-state index contributed by atoms with van der Waals surface area (Å²) in [4.78, 5) is 0. The van der Waals surface area contributed by atoms with Gasteiger partial charge in [0.15, 0.2) is 0 Å². The van der Waals surface area contributed by atoms with Crippen molar-refractivity contribution in [2.24, 2.45) is 0 Å². The highest BCUT2D eigenvalue weighted by atomic mass is 32.2. The topological polar surface area (TPSA) is 72.6 Å². The van der Waals surface area contributed by atoms with Gasteiger partial charge < -0.3 is 10.5 Å². The van der Waals surface area contributed by atoms with Gasteiger partial charge in [-0.05, 0) is 30.5 Å². The van der Waals surface area contributed by atoms with Gasteiger partial charge in [-0.1, -0.05) is 6.07 Å². The van der Waals surface area contributed by atoms with E-state index in [0.717, 1.165) is 17.7 Å². The third-order valence-corrected chi connectivity index (χ3v) is 4.90. The molecule has 0 bridgehead atoms. The van der Waals surface area contributed by atoms with Crippen LogP contribution in [0.5, 0.6) is 0 Å². The fraction of sp³-hybridized carbons (Fsp3) is 0.500. The SMILES string of the molecule is COCCCS(=O)(=O)N1CCc2ccc(N)cc21. The minimum atomic E-state index is -3.26. The van der Waals surface area contributed by atoms with Gasteiger partial charge in [-0.3, -0.25) is 4.31 Å². The summed E-state index contributed by atoms with van der Waals surface area (Å²) in [7, 11) is -1.70. The number of nitrogen functional groups attached to an aromatic ring is 1. The first kappa shape index (κ1) is 13.2. The van der Waals surface area contributed by atoms with Gasteiger partial charge in [-0.15, -0.1) is 0 Å². The first-order chi connectivity index (χ1) is 8.54. The molecule has 18 heavy (non-hydrogen) atoms. The number of benzene rings is 1. The second-order valence-electron chi connectivity index (χ2n) is 4.37. The third kappa shape index (κ3) is 2.59. The molecule has 2 N–H and O–H groups in total. The maximum atomic E-state index is 12.2. The van der Waals surface area contributed by atoms with E-state index in [9.17, 15) is 8.42 Å². The first-order valence-electron chi connectivity index (χ1n) is 5.92. The third-order valence-electron chi connectivity index (χ3n) is 3.05. The second-order valence-corrected chi connectivity index (χ2v) is 6.39. The number of methoxy groups -OCH3 is 1. The molecule has 0 saturated heterocycles. The lowest BCUT2D eigenvalue weighted by molar-refractivity contribution is 0.199. The van der Waals surface area contributed by atoms with E-state index in [1.807, 2.05) is 6.07 Å². The van der Waals surface area contributed by atoms with Crippen molar-refractivity contribution in [1.29, 1.82) is 0 Å². The van der Waals surface area contributed by atoms with Crippen LogP contribution in [0.4, 0.5) is 11.4 Å². The molecule has 2 rings (SSSR count). The summed E-state index contributed by atoms with van der Waals surface area (Å²) >= 11 is 0. The van der Waals surface area contributed by atoms with Crippen molar-refractivity contribution < 1.29 is 13.2 Å². The molecule has 0 radical (unpaired) electrons. The number of nitrogens with zero attached hydrogens (tertiary/aromatic N) is 1. The second kappa shape index (κ2) is 5.16. The number of hydrogen-bond acceptors (Lipinski definition) is 4. The lowest BCUT2D eigenvalue weighted by Gasteiger charge is -2.19. The summed E-state index contributed by atoms with van der Waals surface area (Å²) < 4.78 is 30.8. The zero-order valence-corrected chi connectivity index (χ0v) is 11.2. The van der Waals surface area contributed by atoms with E-state index in [1.54, 1.807) is 19.2 Å². The van der Waals surface area contributed by atoms with Crippen LogP contribution in [0, 0.1) is 0 Å². The smallest absolute Gasteiger partial charge is 0.235 e. The summed E-state index contributed by atoms with van der Waals surface area (Å²) in [6.07, 6.45) is 1.26. The molecular weight excluding hydrogens is 252 g/mol. The standard InChI is InChI=1S/C12H18N2O3S/c1-17-7-2-8-18(15,16)14-6-5-10-3-4-11(13)9-12(10)14/h3-4,9H,2,5-8,13H2,1H3. The number of fused-ring (bicyclic) bond motifs is 1. The van der Waals surface area contributed by atoms with Crippen molar-refractivity contribution in [2.75, 3.05) is 36.1 Å². The Balaban J connectivity index is 2.19. The molecule has 5 nitrogen and oxygen atoms in total. The van der Waals surface area contributed by atoms with Crippen molar-refractivity contribution in [3.8, 4) is 0 Å². The van der Waals surface area contributed by atoms with Gasteiger partial charge in [0, 0.05) is 25.9 Å². The number of nitrogens with two attached hydrogens (primary N) is 1. The number of rotatable bonds is 5. The summed E-state index contributed by atoms with van der Waals surface area (Å²) in [6, 6.07) is 5.44. The maximum absolute atomic E-state index is 12.2. The normalized spacial score (nSPS) is 14.8. The highest BCUT2D eigenvalue weighted by Crippen LogP contribution is 2.32. The lowest BCUT2D eigenvalue weighted by Crippen LogP contribution is -2.31. The van der Waals surface area contributed by atoms with Crippen LogP contribution in [0.2, 0.25) is 0 Å². The molecular formula is C12H18N2O3S. The first-order valence-corrected chi connectivity index (χ1v) is 7.53. The molecule has 100 valence electrons. The predicted octanol–water partition coefficient (Wildman–Crippen LogP) is 0.998. The zero-order valence-electron chi connectivity index (χ0n) is 10.4. The van der Waals surface area contributed by atoms with Crippen LogP contribution in [-0.2, 0) is 21.2 Å². The van der Waals surface area contributed by atoms with E-state index >= 15 is 0 Å². The van der Waals surface area contributed by atoms with E-state index in [1.165, 1.54) is 4.31 Å². The Labute approximate surface area is 108 Å². The molecule has 1 heterocycles. The van der Waals surface area contributed by atoms with Gasteiger partial charge in [0.2, 0.25) is 10.0 Å². The predicted molar refractivity (Wildman–Crippen MR) is 72.2 cm³/mol. The summed E-state index contributed by atoms with van der Waals surface area (Å²) in [6.45, 7) is 0.963. The van der Waals surface area contributed by atoms with E-state index in [-0.39, 0.29) is 5.75 Å². The molecule has 0 aromatic heterocycles. The van der Waals surface area contributed by atoms with Crippen molar-refractivity contribution in [3.63, 3.8) is 0 Å². The molecule has 1 aliphatic rings. The van der Waals surface area contributed by atoms with Gasteiger partial charge in [-0.25, -0.2) is 8.42 Å². The molecule has 0 spiro atoms. The lowest BCUT2D eigenvalue weighted by atomic mass is 10.1. The Morgan fingerprint density at radius 2 is 2.22 bits per heavy atom. The van der Waals surface area contributed by atoms with Crippen LogP contribution in [0.25, 0.3) is 0 Å². The largest absolute Gasteiger partial charge is 0.399 e. The number of ether oxygens (including phenoxy) is 1. The van der Waals surface area contributed by atoms with E-state index in [2.05, 4.69) is 0 Å². The average Bonchev–Trinajstić information content (AvgIpc) is 2.72. The Morgan fingerprint density at radius 1 is 1.44 bits per heavy atom. The van der Waals surface area contributed by atoms with Gasteiger partial charge in [0.05, 0.1) is 11.4 Å². The summed E-state index contributed by atoms with van der Waals surface area (Å²) in [5, 5.41) is 0. The van der Waals surface area contributed by atoms with Crippen LogP contribution in [-0.4, -0.2) is 34.4 Å². The maximum Gasteiger partial charge on any atom is 0.235 e. The van der Waals surface area contributed by atoms with Crippen molar-refractivity contribution in [3.05, 3.63) is 23.8 Å². The highest BCUT2D eigenvalue weighted by Gasteiger charge is 2.28. The number of sulfonamides is 1. The van der Waals surface area contributed by atoms with Crippen LogP contribution in [0.3, 0.4) is 0 Å². The van der Waals surface area contributed by atoms with Crippen molar-refractivity contribution >= 4 is 21.4 Å². The Kier molecular flexibility index (Phi) is 3.77. The van der Waals surface area contributed by atoms with Crippen molar-refractivity contribution in [2.45, 2.75) is 12.8 Å². The molecule has 6 heteroatoms. The molecule has 0 fully saturated rings. The van der Waals surface area contributed by atoms with Gasteiger partial charge in [0.1, 0.15) is 0 Å². The van der Waals surface area contributed by atoms with Gasteiger partial charge in [-0.2, -0.15) is 0 Å². The van der Waals surface area contributed by atoms with Crippen LogP contribution in [0.1, 0.15) is 12.0 Å². The highest BCUT2D eigenvalue weighted by molar-refractivity contribution is 7.92. The number of anilines is 2. The minimum absolute atomic E-state index is 0.106. The van der Waals surface area contributed by atoms with E-state index in [4.69, 9.17) is 10.5 Å². The molecule has 0 unspecified atom stereocenters. The molecule has 0 aliphatic carbocycles.